The second-order valence-corrected chi connectivity index (χ2v) is 12.5. The number of benzene rings is 2. The Morgan fingerprint density at radius 2 is 1.22 bits per heavy atom. The summed E-state index contributed by atoms with van der Waals surface area (Å²) >= 11 is 6.96. The molecule has 232 valence electrons. The van der Waals surface area contributed by atoms with Crippen LogP contribution in [0.4, 0.5) is 10.2 Å². The minimum absolute atomic E-state index is 0.476. The second kappa shape index (κ2) is 15.3. The molecule has 11 heteroatoms. The van der Waals surface area contributed by atoms with Crippen molar-refractivity contribution in [2.45, 2.75) is 13.1 Å². The van der Waals surface area contributed by atoms with Gasteiger partial charge in [-0.05, 0) is 53.6 Å². The fourth-order valence-corrected chi connectivity index (χ4v) is 6.25. The normalized spacial score (nSPS) is 16.7. The first kappa shape index (κ1) is 31.6. The van der Waals surface area contributed by atoms with Gasteiger partial charge in [-0.15, -0.1) is 0 Å². The molecule has 2 aromatic heterocycles. The number of hydrogen-bond donors (Lipinski definition) is 1. The van der Waals surface area contributed by atoms with Crippen LogP contribution >= 0.6 is 31.9 Å². The van der Waals surface area contributed by atoms with Crippen molar-refractivity contribution in [1.82, 2.24) is 15.3 Å². The highest BCUT2D eigenvalue weighted by Gasteiger charge is 2.20. The molecule has 4 aliphatic heterocycles. The predicted molar refractivity (Wildman–Crippen MR) is 182 cm³/mol. The Morgan fingerprint density at radius 1 is 0.667 bits per heavy atom. The van der Waals surface area contributed by atoms with Gasteiger partial charge in [0.2, 0.25) is 5.95 Å². The maximum Gasteiger partial charge on any atom is 0.213 e. The molecule has 0 radical (unpaired) electrons. The van der Waals surface area contributed by atoms with Gasteiger partial charge in [-0.2, -0.15) is 4.39 Å². The number of halogens is 3. The Balaban J connectivity index is 0.000000137. The molecule has 2 aromatic carbocycles. The highest BCUT2D eigenvalue weighted by Crippen LogP contribution is 2.28. The topological polar surface area (TPSA) is 84.2 Å². The molecule has 0 saturated carbocycles. The third kappa shape index (κ3) is 8.09. The molecule has 4 aromatic rings. The van der Waals surface area contributed by atoms with Crippen molar-refractivity contribution < 1.29 is 13.9 Å². The van der Waals surface area contributed by atoms with Gasteiger partial charge in [0.1, 0.15) is 5.82 Å². The van der Waals surface area contributed by atoms with Crippen molar-refractivity contribution in [2.75, 3.05) is 57.5 Å². The molecule has 0 aliphatic carbocycles. The molecule has 8 rings (SSSR count). The molecule has 0 atom stereocenters. The molecule has 4 aliphatic rings. The van der Waals surface area contributed by atoms with Crippen LogP contribution in [0.1, 0.15) is 33.4 Å². The van der Waals surface area contributed by atoms with Crippen molar-refractivity contribution in [3.8, 4) is 0 Å². The van der Waals surface area contributed by atoms with Gasteiger partial charge in [-0.3, -0.25) is 9.98 Å². The van der Waals surface area contributed by atoms with Gasteiger partial charge in [0.15, 0.2) is 0 Å². The van der Waals surface area contributed by atoms with Crippen LogP contribution in [0.15, 0.2) is 92.0 Å². The molecule has 0 spiro atoms. The fourth-order valence-electron chi connectivity index (χ4n) is 5.44. The van der Waals surface area contributed by atoms with Crippen LogP contribution < -0.4 is 10.2 Å². The Kier molecular flexibility index (Phi) is 10.7. The van der Waals surface area contributed by atoms with E-state index in [4.69, 9.17) is 14.5 Å². The Hall–Kier alpha value is -3.35. The van der Waals surface area contributed by atoms with Crippen molar-refractivity contribution in [1.29, 1.82) is 0 Å². The minimum Gasteiger partial charge on any atom is -0.379 e. The van der Waals surface area contributed by atoms with Gasteiger partial charge >= 0.3 is 0 Å². The minimum atomic E-state index is -0.476. The summed E-state index contributed by atoms with van der Waals surface area (Å²) in [7, 11) is 0. The van der Waals surface area contributed by atoms with Crippen molar-refractivity contribution in [2.24, 2.45) is 9.98 Å². The fraction of sp³-hybridized carbons (Fsp3) is 0.294. The molecule has 8 nitrogen and oxygen atoms in total. The monoisotopic (exact) mass is 734 g/mol. The standard InChI is InChI=1S/C17H16BrN3O.C13H8BrFN2.C4H9NO/c18-14-1-2-15-13(9-14)11-20-17(15)12-3-4-19-16(10-12)21-5-7-22-8-6-21;14-10-1-2-11-9(5-10)7-17-13(11)8-3-4-16-12(15)6-8;1-3-6-4-2-5-1/h1-4,9-10H,5-8,11H2;1-6H,7H2;5H,1-4H2. The average Bonchev–Trinajstić information content (AvgIpc) is 3.70. The van der Waals surface area contributed by atoms with Crippen LogP contribution in [0.3, 0.4) is 0 Å². The molecule has 0 unspecified atom stereocenters. The van der Waals surface area contributed by atoms with Crippen LogP contribution in [0.25, 0.3) is 0 Å². The number of hydrogen-bond acceptors (Lipinski definition) is 8. The summed E-state index contributed by atoms with van der Waals surface area (Å²) in [5.41, 5.74) is 8.55. The van der Waals surface area contributed by atoms with E-state index in [9.17, 15) is 4.39 Å². The number of nitrogens with one attached hydrogen (secondary N) is 1. The number of pyridine rings is 2. The second-order valence-electron chi connectivity index (χ2n) is 10.7. The van der Waals surface area contributed by atoms with Gasteiger partial charge in [0.25, 0.3) is 0 Å². The summed E-state index contributed by atoms with van der Waals surface area (Å²) in [6.45, 7) is 8.56. The Bertz CT molecular complexity index is 1690. The molecule has 0 amide bonds. The van der Waals surface area contributed by atoms with E-state index in [0.717, 1.165) is 108 Å². The zero-order chi connectivity index (χ0) is 31.0. The Labute approximate surface area is 279 Å². The number of aliphatic imine (C=N–C) groups is 2. The number of anilines is 1. The lowest BCUT2D eigenvalue weighted by Gasteiger charge is -2.28. The first-order valence-corrected chi connectivity index (χ1v) is 16.5. The summed E-state index contributed by atoms with van der Waals surface area (Å²) < 4.78 is 25.6. The van der Waals surface area contributed by atoms with Crippen molar-refractivity contribution in [3.05, 3.63) is 121 Å². The predicted octanol–water partition coefficient (Wildman–Crippen LogP) is 5.97. The molecule has 2 fully saturated rings. The molecule has 1 N–H and O–H groups in total. The zero-order valence-electron chi connectivity index (χ0n) is 24.7. The van der Waals surface area contributed by atoms with E-state index in [0.29, 0.717) is 6.54 Å². The van der Waals surface area contributed by atoms with Crippen LogP contribution in [-0.4, -0.2) is 74.0 Å². The zero-order valence-corrected chi connectivity index (χ0v) is 27.9. The van der Waals surface area contributed by atoms with E-state index in [1.807, 2.05) is 30.5 Å². The first-order chi connectivity index (χ1) is 22.0. The van der Waals surface area contributed by atoms with E-state index in [1.165, 1.54) is 23.4 Å². The number of nitrogens with zero attached hydrogens (tertiary/aromatic N) is 5. The molecular formula is C34H33Br2FN6O2. The van der Waals surface area contributed by atoms with Crippen molar-refractivity contribution in [3.63, 3.8) is 0 Å². The summed E-state index contributed by atoms with van der Waals surface area (Å²) in [5.74, 6) is 0.532. The maximum atomic E-state index is 13.1. The first-order valence-electron chi connectivity index (χ1n) is 14.9. The van der Waals surface area contributed by atoms with Gasteiger partial charge in [-0.25, -0.2) is 9.97 Å². The van der Waals surface area contributed by atoms with Gasteiger partial charge in [-0.1, -0.05) is 44.0 Å². The number of fused-ring (bicyclic) bond motifs is 2. The lowest BCUT2D eigenvalue weighted by Crippen LogP contribution is -2.36. The third-order valence-corrected chi connectivity index (χ3v) is 8.65. The lowest BCUT2D eigenvalue weighted by atomic mass is 10.0. The van der Waals surface area contributed by atoms with Gasteiger partial charge in [0.05, 0.1) is 50.9 Å². The summed E-state index contributed by atoms with van der Waals surface area (Å²) in [4.78, 5) is 19.5. The van der Waals surface area contributed by atoms with Crippen LogP contribution in [-0.2, 0) is 22.6 Å². The summed E-state index contributed by atoms with van der Waals surface area (Å²) in [5, 5.41) is 3.16. The van der Waals surface area contributed by atoms with Crippen LogP contribution in [0.2, 0.25) is 0 Å². The third-order valence-electron chi connectivity index (χ3n) is 7.66. The number of aromatic nitrogens is 2. The summed E-state index contributed by atoms with van der Waals surface area (Å²) in [6.07, 6.45) is 3.34. The average molecular weight is 736 g/mol. The van der Waals surface area contributed by atoms with Crippen LogP contribution in [0, 0.1) is 5.95 Å². The molecule has 2 saturated heterocycles. The van der Waals surface area contributed by atoms with E-state index in [2.05, 4.69) is 81.3 Å². The van der Waals surface area contributed by atoms with Gasteiger partial charge in [0, 0.05) is 75.8 Å². The van der Waals surface area contributed by atoms with E-state index < -0.39 is 5.95 Å². The maximum absolute atomic E-state index is 13.1. The SMILES string of the molecule is Brc1ccc2c(c1)CN=C2c1ccnc(N2CCOCC2)c1.C1COCCN1.Fc1cc(C2=NCc3cc(Br)ccc32)ccn1. The summed E-state index contributed by atoms with van der Waals surface area (Å²) in [6, 6.07) is 19.8. The lowest BCUT2D eigenvalue weighted by molar-refractivity contribution is 0.109. The largest absolute Gasteiger partial charge is 0.379 e. The molecule has 0 bridgehead atoms. The number of morpholine rings is 2. The Morgan fingerprint density at radius 3 is 1.76 bits per heavy atom. The van der Waals surface area contributed by atoms with E-state index in [-0.39, 0.29) is 0 Å². The highest BCUT2D eigenvalue weighted by atomic mass is 79.9. The van der Waals surface area contributed by atoms with E-state index >= 15 is 0 Å². The molecule has 6 heterocycles. The van der Waals surface area contributed by atoms with E-state index in [1.54, 1.807) is 6.07 Å². The number of ether oxygens (including phenoxy) is 2. The molecular weight excluding hydrogens is 703 g/mol. The van der Waals surface area contributed by atoms with Gasteiger partial charge < -0.3 is 19.7 Å². The molecule has 45 heavy (non-hydrogen) atoms. The van der Waals surface area contributed by atoms with Crippen LogP contribution in [0.5, 0.6) is 0 Å². The van der Waals surface area contributed by atoms with Crippen molar-refractivity contribution >= 4 is 49.1 Å². The highest BCUT2D eigenvalue weighted by molar-refractivity contribution is 9.10. The smallest absolute Gasteiger partial charge is 0.213 e. The number of rotatable bonds is 3. The quantitative estimate of drug-likeness (QED) is 0.261.